The predicted octanol–water partition coefficient (Wildman–Crippen LogP) is 4.54. The van der Waals surface area contributed by atoms with Gasteiger partial charge in [-0.15, -0.1) is 11.3 Å². The molecule has 3 heterocycles. The Hall–Kier alpha value is -2.72. The molecule has 3 aromatic rings. The van der Waals surface area contributed by atoms with Crippen molar-refractivity contribution in [2.45, 2.75) is 19.9 Å². The van der Waals surface area contributed by atoms with Crippen LogP contribution < -0.4 is 5.32 Å². The van der Waals surface area contributed by atoms with Crippen molar-refractivity contribution in [2.75, 3.05) is 25.6 Å². The van der Waals surface area contributed by atoms with Crippen molar-refractivity contribution in [3.8, 4) is 0 Å². The first-order chi connectivity index (χ1) is 14.0. The number of ether oxygens (including phenoxy) is 2. The Morgan fingerprint density at radius 1 is 1.34 bits per heavy atom. The SMILES string of the molecule is CCOC(=O)N1CCc2c(sc(Nc3nc4ccc(F)cc4s3)c2C(=O)OC)C1. The van der Waals surface area contributed by atoms with Crippen LogP contribution in [0.25, 0.3) is 10.2 Å². The standard InChI is InChI=1S/C19H18FN3O4S2/c1-3-27-19(25)23-7-6-11-14(9-23)28-16(15(11)17(24)26-2)22-18-21-12-5-4-10(20)8-13(12)29-18/h4-5,8H,3,6-7,9H2,1-2H3,(H,21,22). The van der Waals surface area contributed by atoms with E-state index in [4.69, 9.17) is 9.47 Å². The Labute approximate surface area is 174 Å². The molecule has 0 spiro atoms. The number of rotatable bonds is 4. The number of esters is 1. The zero-order valence-electron chi connectivity index (χ0n) is 15.8. The number of aromatic nitrogens is 1. The summed E-state index contributed by atoms with van der Waals surface area (Å²) in [5, 5.41) is 4.35. The molecule has 0 unspecified atom stereocenters. The maximum atomic E-state index is 13.5. The van der Waals surface area contributed by atoms with E-state index in [2.05, 4.69) is 10.3 Å². The largest absolute Gasteiger partial charge is 0.465 e. The number of thiophene rings is 1. The van der Waals surface area contributed by atoms with Crippen molar-refractivity contribution in [3.05, 3.63) is 40.0 Å². The van der Waals surface area contributed by atoms with Crippen molar-refractivity contribution in [1.82, 2.24) is 9.88 Å². The first kappa shape index (κ1) is 19.6. The number of halogens is 1. The Morgan fingerprint density at radius 3 is 2.93 bits per heavy atom. The quantitative estimate of drug-likeness (QED) is 0.606. The molecule has 7 nitrogen and oxygen atoms in total. The molecule has 0 radical (unpaired) electrons. The average Bonchev–Trinajstić information content (AvgIpc) is 3.26. The molecule has 0 aliphatic carbocycles. The van der Waals surface area contributed by atoms with Crippen LogP contribution in [-0.2, 0) is 22.4 Å². The second-order valence-corrected chi connectivity index (χ2v) is 8.46. The number of hydrogen-bond donors (Lipinski definition) is 1. The highest BCUT2D eigenvalue weighted by Gasteiger charge is 2.31. The second kappa shape index (κ2) is 7.96. The van der Waals surface area contributed by atoms with E-state index in [1.807, 2.05) is 0 Å². The molecule has 0 bridgehead atoms. The summed E-state index contributed by atoms with van der Waals surface area (Å²) in [6.45, 7) is 2.91. The molecule has 0 fully saturated rings. The molecular formula is C19H18FN3O4S2. The monoisotopic (exact) mass is 435 g/mol. The number of carbonyl (C=O) groups excluding carboxylic acids is 2. The van der Waals surface area contributed by atoms with Gasteiger partial charge in [-0.05, 0) is 37.1 Å². The first-order valence-corrected chi connectivity index (χ1v) is 10.6. The smallest absolute Gasteiger partial charge is 0.410 e. The number of fused-ring (bicyclic) bond motifs is 2. The third-order valence-electron chi connectivity index (χ3n) is 4.54. The molecule has 2 aromatic heterocycles. The van der Waals surface area contributed by atoms with Crippen LogP contribution in [0.3, 0.4) is 0 Å². The number of nitrogens with zero attached hydrogens (tertiary/aromatic N) is 2. The first-order valence-electron chi connectivity index (χ1n) is 8.97. The maximum absolute atomic E-state index is 13.5. The van der Waals surface area contributed by atoms with Gasteiger partial charge in [0.25, 0.3) is 0 Å². The van der Waals surface area contributed by atoms with E-state index < -0.39 is 5.97 Å². The van der Waals surface area contributed by atoms with Crippen LogP contribution in [0.1, 0.15) is 27.7 Å². The predicted molar refractivity (Wildman–Crippen MR) is 110 cm³/mol. The Bertz CT molecular complexity index is 1090. The summed E-state index contributed by atoms with van der Waals surface area (Å²) in [6, 6.07) is 4.40. The molecule has 1 aromatic carbocycles. The summed E-state index contributed by atoms with van der Waals surface area (Å²) < 4.78 is 24.2. The van der Waals surface area contributed by atoms with Crippen molar-refractivity contribution >= 4 is 55.1 Å². The normalized spacial score (nSPS) is 13.3. The molecule has 4 rings (SSSR count). The highest BCUT2D eigenvalue weighted by Crippen LogP contribution is 2.40. The van der Waals surface area contributed by atoms with Crippen LogP contribution in [0.2, 0.25) is 0 Å². The molecule has 152 valence electrons. The van der Waals surface area contributed by atoms with E-state index in [-0.39, 0.29) is 11.9 Å². The van der Waals surface area contributed by atoms with Gasteiger partial charge in [0, 0.05) is 11.4 Å². The summed E-state index contributed by atoms with van der Waals surface area (Å²) in [7, 11) is 1.34. The van der Waals surface area contributed by atoms with Gasteiger partial charge in [0.15, 0.2) is 5.13 Å². The van der Waals surface area contributed by atoms with Crippen molar-refractivity contribution in [2.24, 2.45) is 0 Å². The van der Waals surface area contributed by atoms with Crippen molar-refractivity contribution in [1.29, 1.82) is 0 Å². The van der Waals surface area contributed by atoms with Crippen LogP contribution in [0.4, 0.5) is 19.3 Å². The zero-order valence-corrected chi connectivity index (χ0v) is 17.4. The molecule has 0 atom stereocenters. The van der Waals surface area contributed by atoms with Crippen LogP contribution >= 0.6 is 22.7 Å². The fourth-order valence-electron chi connectivity index (χ4n) is 3.23. The number of nitrogens with one attached hydrogen (secondary N) is 1. The minimum absolute atomic E-state index is 0.311. The van der Waals surface area contributed by atoms with E-state index in [0.717, 1.165) is 10.4 Å². The van der Waals surface area contributed by atoms with E-state index in [1.165, 1.54) is 41.9 Å². The molecule has 1 amide bonds. The minimum Gasteiger partial charge on any atom is -0.465 e. The van der Waals surface area contributed by atoms with Crippen molar-refractivity contribution in [3.63, 3.8) is 0 Å². The summed E-state index contributed by atoms with van der Waals surface area (Å²) in [6.07, 6.45) is 0.163. The minimum atomic E-state index is -0.443. The van der Waals surface area contributed by atoms with Crippen LogP contribution in [0, 0.1) is 5.82 Å². The van der Waals surface area contributed by atoms with E-state index in [1.54, 1.807) is 17.9 Å². The third kappa shape index (κ3) is 3.77. The van der Waals surface area contributed by atoms with E-state index in [0.29, 0.717) is 52.0 Å². The topological polar surface area (TPSA) is 80.8 Å². The number of methoxy groups -OCH3 is 1. The van der Waals surface area contributed by atoms with Gasteiger partial charge in [-0.25, -0.2) is 19.0 Å². The summed E-state index contributed by atoms with van der Waals surface area (Å²) in [4.78, 5) is 31.5. The molecule has 1 aliphatic heterocycles. The summed E-state index contributed by atoms with van der Waals surface area (Å²) in [5.74, 6) is -0.768. The fraction of sp³-hybridized carbons (Fsp3) is 0.316. The lowest BCUT2D eigenvalue weighted by Crippen LogP contribution is -2.36. The van der Waals surface area contributed by atoms with Gasteiger partial charge < -0.3 is 19.7 Å². The Kier molecular flexibility index (Phi) is 5.37. The summed E-state index contributed by atoms with van der Waals surface area (Å²) in [5.41, 5.74) is 2.01. The van der Waals surface area contributed by atoms with Gasteiger partial charge in [-0.2, -0.15) is 0 Å². The van der Waals surface area contributed by atoms with Crippen molar-refractivity contribution < 1.29 is 23.5 Å². The van der Waals surface area contributed by atoms with Gasteiger partial charge >= 0.3 is 12.1 Å². The van der Waals surface area contributed by atoms with Gasteiger partial charge in [0.05, 0.1) is 36.0 Å². The second-order valence-electron chi connectivity index (χ2n) is 6.33. The Balaban J connectivity index is 1.67. The number of thiazole rings is 1. The van der Waals surface area contributed by atoms with E-state index >= 15 is 0 Å². The average molecular weight is 436 g/mol. The summed E-state index contributed by atoms with van der Waals surface area (Å²) >= 11 is 2.68. The molecule has 1 N–H and O–H groups in total. The molecule has 0 saturated carbocycles. The van der Waals surface area contributed by atoms with Gasteiger partial charge in [-0.1, -0.05) is 11.3 Å². The molecule has 10 heteroatoms. The highest BCUT2D eigenvalue weighted by atomic mass is 32.1. The number of benzene rings is 1. The van der Waals surface area contributed by atoms with Gasteiger partial charge in [-0.3, -0.25) is 0 Å². The number of carbonyl (C=O) groups is 2. The third-order valence-corrected chi connectivity index (χ3v) is 6.61. The zero-order chi connectivity index (χ0) is 20.5. The number of anilines is 2. The number of hydrogen-bond acceptors (Lipinski definition) is 8. The van der Waals surface area contributed by atoms with Gasteiger partial charge in [0.1, 0.15) is 10.8 Å². The lowest BCUT2D eigenvalue weighted by Gasteiger charge is -2.26. The molecular weight excluding hydrogens is 417 g/mol. The van der Waals surface area contributed by atoms with Crippen LogP contribution in [0.5, 0.6) is 0 Å². The van der Waals surface area contributed by atoms with Crippen LogP contribution in [-0.4, -0.2) is 42.2 Å². The number of amides is 1. The lowest BCUT2D eigenvalue weighted by atomic mass is 10.0. The lowest BCUT2D eigenvalue weighted by molar-refractivity contribution is 0.0600. The molecule has 0 saturated heterocycles. The van der Waals surface area contributed by atoms with E-state index in [9.17, 15) is 14.0 Å². The molecule has 29 heavy (non-hydrogen) atoms. The highest BCUT2D eigenvalue weighted by molar-refractivity contribution is 7.23. The molecule has 1 aliphatic rings. The fourth-order valence-corrected chi connectivity index (χ4v) is 5.44. The van der Waals surface area contributed by atoms with Gasteiger partial charge in [0.2, 0.25) is 0 Å². The maximum Gasteiger partial charge on any atom is 0.410 e. The Morgan fingerprint density at radius 2 is 2.17 bits per heavy atom. The van der Waals surface area contributed by atoms with Crippen LogP contribution in [0.15, 0.2) is 18.2 Å².